The fourth-order valence-electron chi connectivity index (χ4n) is 2.66. The maximum atomic E-state index is 3.68. The van der Waals surface area contributed by atoms with Crippen LogP contribution in [0.5, 0.6) is 0 Å². The van der Waals surface area contributed by atoms with E-state index in [9.17, 15) is 0 Å². The molecule has 1 N–H and O–H groups in total. The normalized spacial score (nSPS) is 34.8. The Kier molecular flexibility index (Phi) is 3.23. The zero-order valence-electron chi connectivity index (χ0n) is 8.76. The molecule has 0 radical (unpaired) electrons. The monoisotopic (exact) mass is 182 g/mol. The highest BCUT2D eigenvalue weighted by Gasteiger charge is 2.30. The molecule has 2 fully saturated rings. The van der Waals surface area contributed by atoms with E-state index in [1.165, 1.54) is 51.7 Å². The maximum Gasteiger partial charge on any atom is 0.0221 e. The second kappa shape index (κ2) is 4.43. The minimum atomic E-state index is 0.786. The van der Waals surface area contributed by atoms with E-state index in [2.05, 4.69) is 17.1 Å². The van der Waals surface area contributed by atoms with Gasteiger partial charge in [-0.1, -0.05) is 19.8 Å². The largest absolute Gasteiger partial charge is 0.311 e. The average molecular weight is 182 g/mol. The van der Waals surface area contributed by atoms with Crippen molar-refractivity contribution in [2.45, 2.75) is 51.1 Å². The van der Waals surface area contributed by atoms with Crippen LogP contribution in [0.15, 0.2) is 0 Å². The molecule has 2 nitrogen and oxygen atoms in total. The highest BCUT2D eigenvalue weighted by Crippen LogP contribution is 2.21. The van der Waals surface area contributed by atoms with Crippen LogP contribution in [-0.4, -0.2) is 36.6 Å². The van der Waals surface area contributed by atoms with Crippen molar-refractivity contribution in [2.75, 3.05) is 19.6 Å². The highest BCUT2D eigenvalue weighted by atomic mass is 15.2. The quantitative estimate of drug-likeness (QED) is 0.713. The number of hydrogen-bond donors (Lipinski definition) is 1. The molecule has 0 bridgehead atoms. The predicted octanol–water partition coefficient (Wildman–Crippen LogP) is 1.61. The Balaban J connectivity index is 1.76. The Morgan fingerprint density at radius 1 is 1.46 bits per heavy atom. The molecule has 0 spiro atoms. The van der Waals surface area contributed by atoms with Gasteiger partial charge in [0.2, 0.25) is 0 Å². The molecule has 2 heterocycles. The summed E-state index contributed by atoms with van der Waals surface area (Å²) in [5.41, 5.74) is 0. The third-order valence-corrected chi connectivity index (χ3v) is 3.50. The lowest BCUT2D eigenvalue weighted by Gasteiger charge is -2.36. The second-order valence-corrected chi connectivity index (χ2v) is 4.54. The molecule has 0 unspecified atom stereocenters. The maximum absolute atomic E-state index is 3.68. The molecule has 0 aromatic rings. The van der Waals surface area contributed by atoms with E-state index in [4.69, 9.17) is 0 Å². The summed E-state index contributed by atoms with van der Waals surface area (Å²) < 4.78 is 0. The van der Waals surface area contributed by atoms with Crippen molar-refractivity contribution >= 4 is 0 Å². The van der Waals surface area contributed by atoms with Crippen LogP contribution in [0.25, 0.3) is 0 Å². The summed E-state index contributed by atoms with van der Waals surface area (Å²) in [7, 11) is 0. The molecule has 2 heteroatoms. The van der Waals surface area contributed by atoms with Crippen molar-refractivity contribution in [1.29, 1.82) is 0 Å². The zero-order chi connectivity index (χ0) is 9.10. The lowest BCUT2D eigenvalue weighted by Crippen LogP contribution is -2.53. The minimum Gasteiger partial charge on any atom is -0.311 e. The first-order chi connectivity index (χ1) is 6.40. The van der Waals surface area contributed by atoms with Crippen LogP contribution < -0.4 is 5.32 Å². The molecule has 0 amide bonds. The van der Waals surface area contributed by atoms with Gasteiger partial charge >= 0.3 is 0 Å². The fraction of sp³-hybridized carbons (Fsp3) is 1.00. The Hall–Kier alpha value is -0.0800. The first-order valence-electron chi connectivity index (χ1n) is 5.87. The molecular weight excluding hydrogens is 160 g/mol. The summed E-state index contributed by atoms with van der Waals surface area (Å²) in [5, 5.41) is 3.68. The van der Waals surface area contributed by atoms with E-state index in [0.29, 0.717) is 0 Å². The number of hydrogen-bond acceptors (Lipinski definition) is 2. The Morgan fingerprint density at radius 3 is 3.23 bits per heavy atom. The van der Waals surface area contributed by atoms with Gasteiger partial charge in [-0.2, -0.15) is 0 Å². The standard InChI is InChI=1S/C11H22N2/c1-2-3-5-10-9-13-7-4-6-11(13)8-12-10/h10-12H,2-9H2,1H3/t10-,11-/m0/s1. The molecule has 2 atom stereocenters. The summed E-state index contributed by atoms with van der Waals surface area (Å²) >= 11 is 0. The molecule has 2 aliphatic heterocycles. The van der Waals surface area contributed by atoms with Gasteiger partial charge in [0.1, 0.15) is 0 Å². The molecular formula is C11H22N2. The number of nitrogens with one attached hydrogen (secondary N) is 1. The second-order valence-electron chi connectivity index (χ2n) is 4.54. The first-order valence-corrected chi connectivity index (χ1v) is 5.87. The van der Waals surface area contributed by atoms with Gasteiger partial charge in [0.05, 0.1) is 0 Å². The lowest BCUT2D eigenvalue weighted by molar-refractivity contribution is 0.167. The molecule has 0 aliphatic carbocycles. The molecule has 13 heavy (non-hydrogen) atoms. The van der Waals surface area contributed by atoms with Crippen LogP contribution in [0, 0.1) is 0 Å². The third-order valence-electron chi connectivity index (χ3n) is 3.50. The molecule has 2 rings (SSSR count). The summed E-state index contributed by atoms with van der Waals surface area (Å²) in [6.45, 7) is 6.19. The molecule has 0 saturated carbocycles. The number of rotatable bonds is 3. The van der Waals surface area contributed by atoms with E-state index >= 15 is 0 Å². The summed E-state index contributed by atoms with van der Waals surface area (Å²) in [5.74, 6) is 0. The van der Waals surface area contributed by atoms with E-state index in [0.717, 1.165) is 12.1 Å². The van der Waals surface area contributed by atoms with Crippen LogP contribution >= 0.6 is 0 Å². The van der Waals surface area contributed by atoms with Crippen LogP contribution in [0.3, 0.4) is 0 Å². The molecule has 2 saturated heterocycles. The molecule has 0 aromatic heterocycles. The SMILES string of the molecule is CCCC[C@H]1CN2CCC[C@H]2CN1. The summed E-state index contributed by atoms with van der Waals surface area (Å²) in [6.07, 6.45) is 6.94. The molecule has 76 valence electrons. The highest BCUT2D eigenvalue weighted by molar-refractivity contribution is 4.89. The topological polar surface area (TPSA) is 15.3 Å². The minimum absolute atomic E-state index is 0.786. The molecule has 0 aromatic carbocycles. The van der Waals surface area contributed by atoms with Gasteiger partial charge in [-0.15, -0.1) is 0 Å². The summed E-state index contributed by atoms with van der Waals surface area (Å²) in [6, 6.07) is 1.66. The van der Waals surface area contributed by atoms with Gasteiger partial charge < -0.3 is 5.32 Å². The van der Waals surface area contributed by atoms with E-state index < -0.39 is 0 Å². The van der Waals surface area contributed by atoms with Gasteiger partial charge in [-0.05, 0) is 25.8 Å². The Morgan fingerprint density at radius 2 is 2.38 bits per heavy atom. The Bertz CT molecular complexity index is 158. The van der Waals surface area contributed by atoms with Crippen LogP contribution in [0.4, 0.5) is 0 Å². The van der Waals surface area contributed by atoms with Crippen molar-refractivity contribution in [2.24, 2.45) is 0 Å². The van der Waals surface area contributed by atoms with Crippen molar-refractivity contribution in [3.63, 3.8) is 0 Å². The number of unbranched alkanes of at least 4 members (excludes halogenated alkanes) is 1. The van der Waals surface area contributed by atoms with Gasteiger partial charge in [0.25, 0.3) is 0 Å². The Labute approximate surface area is 81.7 Å². The fourth-order valence-corrected chi connectivity index (χ4v) is 2.66. The van der Waals surface area contributed by atoms with E-state index in [-0.39, 0.29) is 0 Å². The van der Waals surface area contributed by atoms with Gasteiger partial charge in [-0.3, -0.25) is 4.90 Å². The van der Waals surface area contributed by atoms with Crippen molar-refractivity contribution in [3.05, 3.63) is 0 Å². The van der Waals surface area contributed by atoms with E-state index in [1.807, 2.05) is 0 Å². The lowest BCUT2D eigenvalue weighted by atomic mass is 10.1. The van der Waals surface area contributed by atoms with Crippen LogP contribution in [-0.2, 0) is 0 Å². The van der Waals surface area contributed by atoms with Gasteiger partial charge in [0, 0.05) is 25.2 Å². The summed E-state index contributed by atoms with van der Waals surface area (Å²) in [4.78, 5) is 2.69. The number of piperazine rings is 1. The van der Waals surface area contributed by atoms with Crippen LogP contribution in [0.2, 0.25) is 0 Å². The number of nitrogens with zero attached hydrogens (tertiary/aromatic N) is 1. The smallest absolute Gasteiger partial charge is 0.0221 e. The first kappa shape index (κ1) is 9.47. The van der Waals surface area contributed by atoms with Gasteiger partial charge in [-0.25, -0.2) is 0 Å². The predicted molar refractivity (Wildman–Crippen MR) is 55.9 cm³/mol. The van der Waals surface area contributed by atoms with Crippen molar-refractivity contribution in [1.82, 2.24) is 10.2 Å². The van der Waals surface area contributed by atoms with Gasteiger partial charge in [0.15, 0.2) is 0 Å². The molecule has 2 aliphatic rings. The van der Waals surface area contributed by atoms with Crippen molar-refractivity contribution in [3.8, 4) is 0 Å². The van der Waals surface area contributed by atoms with E-state index in [1.54, 1.807) is 0 Å². The number of fused-ring (bicyclic) bond motifs is 1. The van der Waals surface area contributed by atoms with Crippen LogP contribution in [0.1, 0.15) is 39.0 Å². The van der Waals surface area contributed by atoms with Crippen molar-refractivity contribution < 1.29 is 0 Å². The third kappa shape index (κ3) is 2.23. The zero-order valence-corrected chi connectivity index (χ0v) is 8.76. The average Bonchev–Trinajstić information content (AvgIpc) is 2.61.